The lowest BCUT2D eigenvalue weighted by atomic mass is 10.1. The Balaban J connectivity index is 1.44. The van der Waals surface area contributed by atoms with Crippen LogP contribution >= 0.6 is 11.8 Å². The number of morpholine rings is 1. The van der Waals surface area contributed by atoms with Gasteiger partial charge in [0.15, 0.2) is 11.5 Å². The van der Waals surface area contributed by atoms with E-state index in [4.69, 9.17) is 14.2 Å². The summed E-state index contributed by atoms with van der Waals surface area (Å²) in [5, 5.41) is 2.84. The molecule has 1 N–H and O–H groups in total. The standard InChI is InChI=1S/C19H25N3O5S/c1-25-14-4-3-12-15(16(14)26-2)18(24)22-13(11-28-19(12)22)17(23)20-5-6-21-7-9-27-10-8-21/h3-4,13,19H,5-11H2,1-2H3,(H,20,23)/t13-,19-/m1/s1. The van der Waals surface area contributed by atoms with Crippen molar-refractivity contribution in [1.82, 2.24) is 15.1 Å². The van der Waals surface area contributed by atoms with Crippen LogP contribution in [0.5, 0.6) is 11.5 Å². The number of benzene rings is 1. The first kappa shape index (κ1) is 19.4. The molecule has 3 aliphatic rings. The Morgan fingerprint density at radius 2 is 2.07 bits per heavy atom. The number of rotatable bonds is 6. The number of thioether (sulfide) groups is 1. The van der Waals surface area contributed by atoms with Gasteiger partial charge in [-0.05, 0) is 6.07 Å². The van der Waals surface area contributed by atoms with E-state index in [1.807, 2.05) is 12.1 Å². The van der Waals surface area contributed by atoms with Crippen LogP contribution in [0.15, 0.2) is 12.1 Å². The van der Waals surface area contributed by atoms with Crippen molar-refractivity contribution in [2.24, 2.45) is 0 Å². The van der Waals surface area contributed by atoms with Crippen LogP contribution in [-0.4, -0.2) is 87.0 Å². The molecule has 2 fully saturated rings. The fraction of sp³-hybridized carbons (Fsp3) is 0.579. The first-order valence-corrected chi connectivity index (χ1v) is 10.5. The van der Waals surface area contributed by atoms with Gasteiger partial charge in [-0.2, -0.15) is 0 Å². The molecule has 152 valence electrons. The van der Waals surface area contributed by atoms with E-state index in [0.29, 0.717) is 29.4 Å². The van der Waals surface area contributed by atoms with E-state index in [1.165, 1.54) is 7.11 Å². The highest BCUT2D eigenvalue weighted by molar-refractivity contribution is 7.99. The first-order valence-electron chi connectivity index (χ1n) is 9.42. The van der Waals surface area contributed by atoms with Gasteiger partial charge >= 0.3 is 0 Å². The fourth-order valence-electron chi connectivity index (χ4n) is 3.97. The SMILES string of the molecule is COc1ccc2c(c1OC)C(=O)N1[C@@H](C(=O)NCCN3CCOCC3)CS[C@H]21. The predicted molar refractivity (Wildman–Crippen MR) is 105 cm³/mol. The molecule has 28 heavy (non-hydrogen) atoms. The van der Waals surface area contributed by atoms with Crippen molar-refractivity contribution < 1.29 is 23.8 Å². The maximum Gasteiger partial charge on any atom is 0.260 e. The van der Waals surface area contributed by atoms with Crippen LogP contribution in [0.25, 0.3) is 0 Å². The minimum absolute atomic E-state index is 0.102. The van der Waals surface area contributed by atoms with Crippen LogP contribution in [0.1, 0.15) is 21.3 Å². The molecule has 0 saturated carbocycles. The normalized spacial score (nSPS) is 24.1. The number of hydrogen-bond acceptors (Lipinski definition) is 7. The second kappa shape index (κ2) is 8.18. The Hall–Kier alpha value is -1.97. The quantitative estimate of drug-likeness (QED) is 0.744. The average molecular weight is 407 g/mol. The van der Waals surface area contributed by atoms with Crippen LogP contribution in [0.3, 0.4) is 0 Å². The summed E-state index contributed by atoms with van der Waals surface area (Å²) >= 11 is 1.61. The summed E-state index contributed by atoms with van der Waals surface area (Å²) < 4.78 is 16.1. The molecule has 1 aromatic rings. The minimum Gasteiger partial charge on any atom is -0.493 e. The van der Waals surface area contributed by atoms with Crippen LogP contribution in [0.4, 0.5) is 0 Å². The molecule has 2 atom stereocenters. The van der Waals surface area contributed by atoms with Crippen molar-refractivity contribution in [3.63, 3.8) is 0 Å². The van der Waals surface area contributed by atoms with Crippen molar-refractivity contribution in [3.8, 4) is 11.5 Å². The van der Waals surface area contributed by atoms with E-state index < -0.39 is 6.04 Å². The number of amides is 2. The molecular weight excluding hydrogens is 382 g/mol. The Bertz CT molecular complexity index is 768. The van der Waals surface area contributed by atoms with Gasteiger partial charge in [-0.3, -0.25) is 14.5 Å². The maximum atomic E-state index is 13.1. The van der Waals surface area contributed by atoms with Gasteiger partial charge in [-0.25, -0.2) is 0 Å². The summed E-state index contributed by atoms with van der Waals surface area (Å²) in [5.74, 6) is 1.27. The van der Waals surface area contributed by atoms with E-state index in [1.54, 1.807) is 23.8 Å². The Kier molecular flexibility index (Phi) is 5.65. The number of carbonyl (C=O) groups is 2. The molecule has 2 amide bonds. The molecule has 4 rings (SSSR count). The molecule has 3 aliphatic heterocycles. The minimum atomic E-state index is -0.477. The molecule has 9 heteroatoms. The van der Waals surface area contributed by atoms with Crippen molar-refractivity contribution in [1.29, 1.82) is 0 Å². The first-order chi connectivity index (χ1) is 13.7. The predicted octanol–water partition coefficient (Wildman–Crippen LogP) is 0.722. The third-order valence-corrected chi connectivity index (χ3v) is 6.73. The molecule has 0 aromatic heterocycles. The van der Waals surface area contributed by atoms with Gasteiger partial charge in [0, 0.05) is 37.5 Å². The number of hydrogen-bond donors (Lipinski definition) is 1. The fourth-order valence-corrected chi connectivity index (χ4v) is 5.43. The lowest BCUT2D eigenvalue weighted by Gasteiger charge is -2.27. The maximum absolute atomic E-state index is 13.1. The summed E-state index contributed by atoms with van der Waals surface area (Å²) in [4.78, 5) is 29.9. The summed E-state index contributed by atoms with van der Waals surface area (Å²) in [6.45, 7) is 4.60. The van der Waals surface area contributed by atoms with Crippen LogP contribution in [-0.2, 0) is 9.53 Å². The molecular formula is C19H25N3O5S. The van der Waals surface area contributed by atoms with Crippen LogP contribution in [0, 0.1) is 0 Å². The molecule has 8 nitrogen and oxygen atoms in total. The van der Waals surface area contributed by atoms with Crippen LogP contribution in [0.2, 0.25) is 0 Å². The Morgan fingerprint density at radius 1 is 1.29 bits per heavy atom. The third kappa shape index (κ3) is 3.31. The molecule has 0 unspecified atom stereocenters. The van der Waals surface area contributed by atoms with Gasteiger partial charge in [0.1, 0.15) is 11.4 Å². The molecule has 3 heterocycles. The zero-order chi connectivity index (χ0) is 19.7. The number of carbonyl (C=O) groups excluding carboxylic acids is 2. The van der Waals surface area contributed by atoms with Gasteiger partial charge in [0.25, 0.3) is 5.91 Å². The van der Waals surface area contributed by atoms with Crippen molar-refractivity contribution in [2.75, 3.05) is 59.4 Å². The highest BCUT2D eigenvalue weighted by Gasteiger charge is 2.50. The largest absolute Gasteiger partial charge is 0.493 e. The van der Waals surface area contributed by atoms with Gasteiger partial charge in [0.05, 0.1) is 33.0 Å². The summed E-state index contributed by atoms with van der Waals surface area (Å²) in [6, 6.07) is 3.23. The summed E-state index contributed by atoms with van der Waals surface area (Å²) in [7, 11) is 3.07. The topological polar surface area (TPSA) is 80.3 Å². The molecule has 0 aliphatic carbocycles. The third-order valence-electron chi connectivity index (χ3n) is 5.43. The smallest absolute Gasteiger partial charge is 0.260 e. The molecule has 0 bridgehead atoms. The molecule has 1 aromatic carbocycles. The van der Waals surface area contributed by atoms with Crippen molar-refractivity contribution in [3.05, 3.63) is 23.3 Å². The second-order valence-corrected chi connectivity index (χ2v) is 8.04. The van der Waals surface area contributed by atoms with Gasteiger partial charge < -0.3 is 24.4 Å². The van der Waals surface area contributed by atoms with Crippen molar-refractivity contribution in [2.45, 2.75) is 11.4 Å². The lowest BCUT2D eigenvalue weighted by Crippen LogP contribution is -2.48. The Morgan fingerprint density at radius 3 is 2.79 bits per heavy atom. The monoisotopic (exact) mass is 407 g/mol. The van der Waals surface area contributed by atoms with E-state index in [9.17, 15) is 9.59 Å². The van der Waals surface area contributed by atoms with Gasteiger partial charge in [-0.15, -0.1) is 11.8 Å². The zero-order valence-corrected chi connectivity index (χ0v) is 16.9. The number of ether oxygens (including phenoxy) is 3. The van der Waals surface area contributed by atoms with Crippen molar-refractivity contribution >= 4 is 23.6 Å². The van der Waals surface area contributed by atoms with E-state index >= 15 is 0 Å². The molecule has 0 radical (unpaired) electrons. The number of methoxy groups -OCH3 is 2. The molecule has 2 saturated heterocycles. The summed E-state index contributed by atoms with van der Waals surface area (Å²) in [5.41, 5.74) is 1.39. The molecule has 0 spiro atoms. The second-order valence-electron chi connectivity index (χ2n) is 6.92. The van der Waals surface area contributed by atoms with Gasteiger partial charge in [-0.1, -0.05) is 6.07 Å². The Labute approximate surface area is 168 Å². The lowest BCUT2D eigenvalue weighted by molar-refractivity contribution is -0.124. The highest BCUT2D eigenvalue weighted by atomic mass is 32.2. The zero-order valence-electron chi connectivity index (χ0n) is 16.1. The number of nitrogens with one attached hydrogen (secondary N) is 1. The summed E-state index contributed by atoms with van der Waals surface area (Å²) in [6.07, 6.45) is 0. The van der Waals surface area contributed by atoms with E-state index in [2.05, 4.69) is 10.2 Å². The highest BCUT2D eigenvalue weighted by Crippen LogP contribution is 2.52. The van der Waals surface area contributed by atoms with E-state index in [-0.39, 0.29) is 17.2 Å². The van der Waals surface area contributed by atoms with Gasteiger partial charge in [0.2, 0.25) is 5.91 Å². The average Bonchev–Trinajstić information content (AvgIpc) is 3.28. The van der Waals surface area contributed by atoms with Crippen LogP contribution < -0.4 is 14.8 Å². The number of nitrogens with zero attached hydrogens (tertiary/aromatic N) is 2. The van der Waals surface area contributed by atoms with E-state index in [0.717, 1.165) is 38.4 Å². The number of fused-ring (bicyclic) bond motifs is 3.